The van der Waals surface area contributed by atoms with Crippen LogP contribution in [0.25, 0.3) is 0 Å². The molecule has 0 N–H and O–H groups in total. The number of carbonyl (C=O) groups excluding carboxylic acids is 1. The molecule has 0 amide bonds. The second kappa shape index (κ2) is 5.34. The van der Waals surface area contributed by atoms with Gasteiger partial charge >= 0.3 is 5.97 Å². The van der Waals surface area contributed by atoms with Crippen molar-refractivity contribution in [3.05, 3.63) is 29.3 Å². The summed E-state index contributed by atoms with van der Waals surface area (Å²) in [6.45, 7) is 4.91. The van der Waals surface area contributed by atoms with Crippen molar-refractivity contribution in [1.82, 2.24) is 0 Å². The van der Waals surface area contributed by atoms with E-state index >= 15 is 0 Å². The lowest BCUT2D eigenvalue weighted by molar-refractivity contribution is -0.136. The highest BCUT2D eigenvalue weighted by Gasteiger charge is 1.96. The average molecular weight is 155 g/mol. The predicted octanol–water partition coefficient (Wildman–Crippen LogP) is 1.39. The Bertz CT molecular complexity index is 196. The first-order valence-corrected chi connectivity index (χ1v) is 3.00. The van der Waals surface area contributed by atoms with Crippen LogP contribution in [-0.2, 0) is 9.53 Å². The van der Waals surface area contributed by atoms with Crippen LogP contribution in [0.2, 0.25) is 0 Å². The predicted molar refractivity (Wildman–Crippen MR) is 40.7 cm³/mol. The Labute approximate surface area is 64.5 Å². The molecule has 0 aliphatic rings. The van der Waals surface area contributed by atoms with Crippen molar-refractivity contribution in [2.75, 3.05) is 6.61 Å². The van der Waals surface area contributed by atoms with Gasteiger partial charge in [-0.15, -0.1) is 4.91 Å². The van der Waals surface area contributed by atoms with E-state index in [2.05, 4.69) is 16.5 Å². The third kappa shape index (κ3) is 5.02. The fourth-order valence-electron chi connectivity index (χ4n) is 0.380. The van der Waals surface area contributed by atoms with Gasteiger partial charge in [-0.05, 0) is 12.1 Å². The van der Waals surface area contributed by atoms with Crippen molar-refractivity contribution in [3.63, 3.8) is 0 Å². The van der Waals surface area contributed by atoms with Crippen LogP contribution in [0, 0.1) is 4.91 Å². The van der Waals surface area contributed by atoms with E-state index < -0.39 is 5.97 Å². The molecule has 4 heteroatoms. The highest BCUT2D eigenvalue weighted by atomic mass is 16.5. The van der Waals surface area contributed by atoms with Crippen LogP contribution in [-0.4, -0.2) is 12.6 Å². The van der Waals surface area contributed by atoms with Gasteiger partial charge in [0.1, 0.15) is 6.61 Å². The molecule has 0 bridgehead atoms. The summed E-state index contributed by atoms with van der Waals surface area (Å²) in [6.07, 6.45) is 2.46. The van der Waals surface area contributed by atoms with Crippen LogP contribution in [0.5, 0.6) is 0 Å². The maximum atomic E-state index is 10.6. The van der Waals surface area contributed by atoms with E-state index in [1.807, 2.05) is 0 Å². The van der Waals surface area contributed by atoms with Gasteiger partial charge in [0.15, 0.2) is 0 Å². The molecule has 0 aromatic heterocycles. The Hall–Kier alpha value is -1.45. The molecule has 0 aromatic carbocycles. The molecule has 0 aliphatic heterocycles. The molecule has 0 unspecified atom stereocenters. The monoisotopic (exact) mass is 155 g/mol. The maximum absolute atomic E-state index is 10.6. The molecule has 0 radical (unpaired) electrons. The summed E-state index contributed by atoms with van der Waals surface area (Å²) in [4.78, 5) is 20.4. The lowest BCUT2D eigenvalue weighted by Gasteiger charge is -1.94. The Balaban J connectivity index is 3.85. The number of allylic oxidation sites excluding steroid dienone is 1. The summed E-state index contributed by atoms with van der Waals surface area (Å²) < 4.78 is 4.53. The first kappa shape index (κ1) is 9.55. The van der Waals surface area contributed by atoms with Crippen LogP contribution in [0.3, 0.4) is 0 Å². The number of nitrogens with zero attached hydrogens (tertiary/aromatic N) is 1. The third-order valence-corrected chi connectivity index (χ3v) is 0.814. The summed E-state index contributed by atoms with van der Waals surface area (Å²) in [7, 11) is 0. The number of carbonyl (C=O) groups is 1. The van der Waals surface area contributed by atoms with E-state index in [0.29, 0.717) is 0 Å². The van der Waals surface area contributed by atoms with E-state index in [-0.39, 0.29) is 12.3 Å². The lowest BCUT2D eigenvalue weighted by atomic mass is 10.4. The average Bonchev–Trinajstić information content (AvgIpc) is 2.00. The van der Waals surface area contributed by atoms with E-state index in [9.17, 15) is 9.70 Å². The van der Waals surface area contributed by atoms with Gasteiger partial charge in [-0.1, -0.05) is 12.7 Å². The molecule has 0 heterocycles. The van der Waals surface area contributed by atoms with Crippen LogP contribution >= 0.6 is 0 Å². The minimum Gasteiger partial charge on any atom is -0.458 e. The maximum Gasteiger partial charge on any atom is 0.333 e. The van der Waals surface area contributed by atoms with Gasteiger partial charge < -0.3 is 4.74 Å². The Morgan fingerprint density at radius 2 is 2.36 bits per heavy atom. The van der Waals surface area contributed by atoms with Crippen LogP contribution in [0.15, 0.2) is 29.6 Å². The van der Waals surface area contributed by atoms with Crippen molar-refractivity contribution in [2.45, 2.75) is 6.92 Å². The minimum atomic E-state index is -0.581. The van der Waals surface area contributed by atoms with Crippen molar-refractivity contribution in [1.29, 1.82) is 0 Å². The molecule has 0 atom stereocenters. The van der Waals surface area contributed by atoms with Gasteiger partial charge in [-0.3, -0.25) is 0 Å². The normalized spacial score (nSPS) is 10.5. The smallest absolute Gasteiger partial charge is 0.333 e. The highest BCUT2D eigenvalue weighted by Crippen LogP contribution is 1.93. The molecule has 60 valence electrons. The van der Waals surface area contributed by atoms with E-state index in [1.54, 1.807) is 0 Å². The second-order valence-electron chi connectivity index (χ2n) is 1.80. The van der Waals surface area contributed by atoms with Crippen molar-refractivity contribution < 1.29 is 9.53 Å². The number of esters is 1. The first-order chi connectivity index (χ1) is 5.20. The van der Waals surface area contributed by atoms with Crippen molar-refractivity contribution in [3.8, 4) is 0 Å². The van der Waals surface area contributed by atoms with Crippen LogP contribution in [0.4, 0.5) is 0 Å². The van der Waals surface area contributed by atoms with Gasteiger partial charge in [-0.25, -0.2) is 4.79 Å². The molecule has 4 nitrogen and oxygen atoms in total. The fourth-order valence-corrected chi connectivity index (χ4v) is 0.380. The number of ether oxygens (including phenoxy) is 1. The molecule has 0 aromatic rings. The Morgan fingerprint density at radius 1 is 1.73 bits per heavy atom. The quantitative estimate of drug-likeness (QED) is 0.267. The van der Waals surface area contributed by atoms with Crippen molar-refractivity contribution >= 4 is 5.97 Å². The molecule has 0 saturated heterocycles. The van der Waals surface area contributed by atoms with E-state index in [4.69, 9.17) is 0 Å². The molecule has 11 heavy (non-hydrogen) atoms. The zero-order valence-corrected chi connectivity index (χ0v) is 6.24. The summed E-state index contributed by atoms with van der Waals surface area (Å²) in [5, 5.41) is 2.52. The molecular formula is C7H9NO3. The fraction of sp³-hybridized carbons (Fsp3) is 0.286. The van der Waals surface area contributed by atoms with Crippen LogP contribution < -0.4 is 0 Å². The summed E-state index contributed by atoms with van der Waals surface area (Å²) in [5.41, 5.74) is 0.0964. The molecule has 0 saturated carbocycles. The largest absolute Gasteiger partial charge is 0.458 e. The topological polar surface area (TPSA) is 55.7 Å². The zero-order valence-electron chi connectivity index (χ0n) is 6.24. The molecule has 0 rings (SSSR count). The van der Waals surface area contributed by atoms with Crippen LogP contribution in [0.1, 0.15) is 6.92 Å². The highest BCUT2D eigenvalue weighted by molar-refractivity contribution is 5.82. The standard InChI is InChI=1S/C7H9NO3/c1-3-4-11-7(9)5-6(2)8-10/h3,5H,1,4H2,2H3/b6-5+. The van der Waals surface area contributed by atoms with Gasteiger partial charge in [0, 0.05) is 6.08 Å². The molecule has 0 aliphatic carbocycles. The molecule has 0 fully saturated rings. The number of hydrogen-bond acceptors (Lipinski definition) is 4. The number of rotatable bonds is 4. The van der Waals surface area contributed by atoms with E-state index in [1.165, 1.54) is 13.0 Å². The summed E-state index contributed by atoms with van der Waals surface area (Å²) in [6, 6.07) is 0. The van der Waals surface area contributed by atoms with E-state index in [0.717, 1.165) is 6.08 Å². The molecule has 0 spiro atoms. The second-order valence-corrected chi connectivity index (χ2v) is 1.80. The zero-order chi connectivity index (χ0) is 8.69. The van der Waals surface area contributed by atoms with Gasteiger partial charge in [-0.2, -0.15) is 0 Å². The molecular weight excluding hydrogens is 146 g/mol. The number of nitroso groups, excluding NO2 is 1. The minimum absolute atomic E-state index is 0.0964. The Kier molecular flexibility index (Phi) is 4.64. The first-order valence-electron chi connectivity index (χ1n) is 3.00. The Morgan fingerprint density at radius 3 is 2.82 bits per heavy atom. The SMILES string of the molecule is C=CCOC(=O)/C=C(\C)N=O. The summed E-state index contributed by atoms with van der Waals surface area (Å²) >= 11 is 0. The lowest BCUT2D eigenvalue weighted by Crippen LogP contribution is -2.00. The third-order valence-electron chi connectivity index (χ3n) is 0.814. The van der Waals surface area contributed by atoms with Crippen molar-refractivity contribution in [2.24, 2.45) is 5.18 Å². The van der Waals surface area contributed by atoms with Gasteiger partial charge in [0.2, 0.25) is 0 Å². The number of hydrogen-bond donors (Lipinski definition) is 0. The summed E-state index contributed by atoms with van der Waals surface area (Å²) in [5.74, 6) is -0.581. The van der Waals surface area contributed by atoms with Gasteiger partial charge in [0.25, 0.3) is 0 Å². The van der Waals surface area contributed by atoms with Gasteiger partial charge in [0.05, 0.1) is 5.70 Å².